The molecular weight excluding hydrogens is 884 g/mol. The summed E-state index contributed by atoms with van der Waals surface area (Å²) in [5.41, 5.74) is 14.8. The van der Waals surface area contributed by atoms with Gasteiger partial charge in [-0.15, -0.1) is 0 Å². The van der Waals surface area contributed by atoms with Crippen LogP contribution in [0.25, 0.3) is 110 Å². The molecule has 0 radical (unpaired) electrons. The van der Waals surface area contributed by atoms with Gasteiger partial charge in [-0.1, -0.05) is 176 Å². The molecule has 3 heterocycles. The molecule has 13 aromatic rings. The van der Waals surface area contributed by atoms with E-state index in [0.29, 0.717) is 0 Å². The number of aromatic nitrogens is 2. The lowest BCUT2D eigenvalue weighted by atomic mass is 9.96. The number of hydrogen-bond acceptors (Lipinski definition) is 2. The number of hydrogen-bond donors (Lipinski definition) is 0. The number of furan rings is 1. The van der Waals surface area contributed by atoms with Gasteiger partial charge in [0.25, 0.3) is 0 Å². The van der Waals surface area contributed by atoms with E-state index in [2.05, 4.69) is 221 Å². The number of nitrogens with zero attached hydrogens (tertiary/aromatic N) is 2. The van der Waals surface area contributed by atoms with E-state index in [4.69, 9.17) is 4.42 Å². The van der Waals surface area contributed by atoms with Gasteiger partial charge in [0, 0.05) is 53.9 Å². The normalized spacial score (nSPS) is 13.7. The van der Waals surface area contributed by atoms with Gasteiger partial charge in [0.2, 0.25) is 0 Å². The summed E-state index contributed by atoms with van der Waals surface area (Å²) >= 11 is 0. The van der Waals surface area contributed by atoms with Crippen molar-refractivity contribution in [3.05, 3.63) is 254 Å². The Hall–Kier alpha value is -8.69. The van der Waals surface area contributed by atoms with Crippen molar-refractivity contribution >= 4 is 83.3 Å². The monoisotopic (exact) mass is 928 g/mol. The number of rotatable bonds is 8. The molecule has 0 spiro atoms. The molecular formula is C66H45N2O2P. The molecule has 4 nitrogen and oxygen atoms in total. The molecule has 0 saturated carbocycles. The lowest BCUT2D eigenvalue weighted by molar-refractivity contribution is 0.591. The van der Waals surface area contributed by atoms with E-state index in [1.807, 2.05) is 36.4 Å². The molecule has 1 aliphatic rings. The zero-order valence-electron chi connectivity index (χ0n) is 38.7. The number of benzene rings is 10. The summed E-state index contributed by atoms with van der Waals surface area (Å²) in [4.78, 5) is 0. The summed E-state index contributed by atoms with van der Waals surface area (Å²) in [6.45, 7) is 0. The second-order valence-corrected chi connectivity index (χ2v) is 21.4. The van der Waals surface area contributed by atoms with Gasteiger partial charge < -0.3 is 18.1 Å². The van der Waals surface area contributed by atoms with Crippen molar-refractivity contribution in [2.75, 3.05) is 0 Å². The smallest absolute Gasteiger partial charge is 0.170 e. The number of para-hydroxylation sites is 4. The Morgan fingerprint density at radius 3 is 1.55 bits per heavy atom. The maximum Gasteiger partial charge on any atom is 0.170 e. The molecule has 1 aliphatic carbocycles. The molecule has 0 bridgehead atoms. The zero-order chi connectivity index (χ0) is 47.0. The second-order valence-electron chi connectivity index (χ2n) is 18.7. The second kappa shape index (κ2) is 16.5. The quantitative estimate of drug-likeness (QED) is 0.142. The van der Waals surface area contributed by atoms with Crippen LogP contribution in [0.15, 0.2) is 258 Å². The van der Waals surface area contributed by atoms with Crippen molar-refractivity contribution < 1.29 is 8.98 Å². The van der Waals surface area contributed by atoms with Gasteiger partial charge in [0.05, 0.1) is 27.8 Å². The minimum atomic E-state index is -3.14. The average Bonchev–Trinajstić information content (AvgIpc) is 4.11. The standard InChI is InChI=1S/C66H45N2O2P/c69-71(51-23-3-1-4-24-51,52-25-5-2-6-26-52)53-27-17-21-47(40-53)44-18-15-19-45(38-44)49-42-59-58-41-48(46-20-16-22-50(39-46)67-60-32-11-7-28-54(60)55-29-8-12-33-61(55)67)36-37-65(58)70-66(59)64(43-49)68-62-34-13-9-30-56(62)57-31-10-14-35-63(57)68/h1,3-5,7-43H,2,6H2. The van der Waals surface area contributed by atoms with Crippen molar-refractivity contribution in [3.8, 4) is 44.8 Å². The number of fused-ring (bicyclic) bond motifs is 9. The van der Waals surface area contributed by atoms with Crippen molar-refractivity contribution in [2.24, 2.45) is 0 Å². The summed E-state index contributed by atoms with van der Waals surface area (Å²) in [5, 5.41) is 9.55. The molecule has 10 aromatic carbocycles. The van der Waals surface area contributed by atoms with Gasteiger partial charge in [-0.3, -0.25) is 0 Å². The Bertz CT molecular complexity index is 4290. The maximum absolute atomic E-state index is 15.5. The topological polar surface area (TPSA) is 40.1 Å². The van der Waals surface area contributed by atoms with E-state index >= 15 is 4.57 Å². The summed E-state index contributed by atoms with van der Waals surface area (Å²) < 4.78 is 27.3. The first-order valence-electron chi connectivity index (χ1n) is 24.4. The van der Waals surface area contributed by atoms with E-state index in [1.165, 1.54) is 32.6 Å². The van der Waals surface area contributed by atoms with E-state index in [0.717, 1.165) is 106 Å². The first-order valence-corrected chi connectivity index (χ1v) is 26.1. The minimum absolute atomic E-state index is 0.831. The molecule has 3 aromatic heterocycles. The van der Waals surface area contributed by atoms with Gasteiger partial charge in [-0.25, -0.2) is 0 Å². The van der Waals surface area contributed by atoms with Crippen LogP contribution in [0.1, 0.15) is 12.8 Å². The van der Waals surface area contributed by atoms with Gasteiger partial charge >= 0.3 is 0 Å². The lowest BCUT2D eigenvalue weighted by Gasteiger charge is -2.23. The van der Waals surface area contributed by atoms with E-state index in [1.54, 1.807) is 0 Å². The summed E-state index contributed by atoms with van der Waals surface area (Å²) in [6, 6.07) is 81.9. The third-order valence-corrected chi connectivity index (χ3v) is 17.7. The molecule has 1 atom stereocenters. The SMILES string of the molecule is O=P(C1=CCCC=C1)(c1ccccc1)c1cccc(-c2cccc(-c3cc(-n4c5ccccc5c5ccccc54)c4oc5ccc(-c6cccc(-n7c8ccccc8c8ccccc87)c6)cc5c4c3)c2)c1. The third kappa shape index (κ3) is 6.63. The Morgan fingerprint density at radius 2 is 0.901 bits per heavy atom. The fourth-order valence-electron chi connectivity index (χ4n) is 11.3. The molecule has 0 aliphatic heterocycles. The van der Waals surface area contributed by atoms with E-state index < -0.39 is 7.14 Å². The van der Waals surface area contributed by atoms with Crippen molar-refractivity contribution in [1.82, 2.24) is 9.13 Å². The van der Waals surface area contributed by atoms with Crippen molar-refractivity contribution in [1.29, 1.82) is 0 Å². The molecule has 14 rings (SSSR count). The predicted molar refractivity (Wildman–Crippen MR) is 298 cm³/mol. The number of allylic oxidation sites excluding steroid dienone is 4. The van der Waals surface area contributed by atoms with Crippen molar-refractivity contribution in [3.63, 3.8) is 0 Å². The van der Waals surface area contributed by atoms with Gasteiger partial charge in [-0.05, 0) is 119 Å². The highest BCUT2D eigenvalue weighted by Crippen LogP contribution is 2.54. The van der Waals surface area contributed by atoms with Crippen LogP contribution in [-0.2, 0) is 4.57 Å². The molecule has 336 valence electrons. The van der Waals surface area contributed by atoms with Gasteiger partial charge in [0.15, 0.2) is 12.7 Å². The largest absolute Gasteiger partial charge is 0.454 e. The first kappa shape index (κ1) is 41.3. The minimum Gasteiger partial charge on any atom is -0.454 e. The fraction of sp³-hybridized carbons (Fsp3) is 0.0303. The Morgan fingerprint density at radius 1 is 0.380 bits per heavy atom. The maximum atomic E-state index is 15.5. The zero-order valence-corrected chi connectivity index (χ0v) is 39.6. The van der Waals surface area contributed by atoms with Crippen LogP contribution < -0.4 is 10.6 Å². The Labute approximate surface area is 411 Å². The fourth-order valence-corrected chi connectivity index (χ4v) is 14.1. The van der Waals surface area contributed by atoms with Crippen molar-refractivity contribution in [2.45, 2.75) is 12.8 Å². The molecule has 71 heavy (non-hydrogen) atoms. The summed E-state index contributed by atoms with van der Waals surface area (Å²) in [5.74, 6) is 0. The summed E-state index contributed by atoms with van der Waals surface area (Å²) in [7, 11) is -3.14. The molecule has 0 saturated heterocycles. The Balaban J connectivity index is 0.949. The average molecular weight is 929 g/mol. The van der Waals surface area contributed by atoms with Gasteiger partial charge in [-0.2, -0.15) is 0 Å². The lowest BCUT2D eigenvalue weighted by Crippen LogP contribution is -2.17. The van der Waals surface area contributed by atoms with E-state index in [9.17, 15) is 0 Å². The highest BCUT2D eigenvalue weighted by Gasteiger charge is 2.31. The molecule has 5 heteroatoms. The third-order valence-electron chi connectivity index (χ3n) is 14.6. The molecule has 0 N–H and O–H groups in total. The highest BCUT2D eigenvalue weighted by atomic mass is 31.2. The first-order chi connectivity index (χ1) is 35.1. The molecule has 0 amide bonds. The van der Waals surface area contributed by atoms with Crippen LogP contribution in [0.3, 0.4) is 0 Å². The Kier molecular flexibility index (Phi) is 9.59. The van der Waals surface area contributed by atoms with Crippen LogP contribution in [0.2, 0.25) is 0 Å². The van der Waals surface area contributed by atoms with E-state index in [-0.39, 0.29) is 0 Å². The summed E-state index contributed by atoms with van der Waals surface area (Å²) in [6.07, 6.45) is 8.23. The molecule has 1 unspecified atom stereocenters. The molecule has 0 fully saturated rings. The van der Waals surface area contributed by atoms with Crippen LogP contribution in [-0.4, -0.2) is 9.13 Å². The van der Waals surface area contributed by atoms with Crippen LogP contribution in [0.4, 0.5) is 0 Å². The van der Waals surface area contributed by atoms with Crippen LogP contribution >= 0.6 is 7.14 Å². The highest BCUT2D eigenvalue weighted by molar-refractivity contribution is 7.82. The van der Waals surface area contributed by atoms with Crippen LogP contribution in [0.5, 0.6) is 0 Å². The van der Waals surface area contributed by atoms with Gasteiger partial charge in [0.1, 0.15) is 5.58 Å². The van der Waals surface area contributed by atoms with Crippen LogP contribution in [0, 0.1) is 0 Å². The predicted octanol–water partition coefficient (Wildman–Crippen LogP) is 17.3.